The largest absolute Gasteiger partial charge is 0.319 e. The van der Waals surface area contributed by atoms with E-state index in [0.717, 1.165) is 15.7 Å². The molecule has 0 radical (unpaired) electrons. The maximum absolute atomic E-state index is 6.13. The fourth-order valence-electron chi connectivity index (χ4n) is 1.48. The van der Waals surface area contributed by atoms with Gasteiger partial charge < -0.3 is 5.73 Å². The van der Waals surface area contributed by atoms with Gasteiger partial charge in [-0.3, -0.25) is 4.98 Å². The van der Waals surface area contributed by atoms with Crippen LogP contribution in [-0.4, -0.2) is 4.98 Å². The van der Waals surface area contributed by atoms with Crippen LogP contribution in [0, 0.1) is 0 Å². The molecule has 1 atom stereocenters. The summed E-state index contributed by atoms with van der Waals surface area (Å²) in [4.78, 5) is 4.27. The summed E-state index contributed by atoms with van der Waals surface area (Å²) in [7, 11) is 0. The van der Waals surface area contributed by atoms with Crippen LogP contribution in [0.15, 0.2) is 47.1 Å². The van der Waals surface area contributed by atoms with Crippen LogP contribution in [0.1, 0.15) is 17.3 Å². The predicted octanol–water partition coefficient (Wildman–Crippen LogP) is 3.55. The van der Waals surface area contributed by atoms with E-state index in [4.69, 9.17) is 17.3 Å². The number of halogens is 2. The minimum atomic E-state index is -0.269. The molecule has 1 aromatic carbocycles. The number of rotatable bonds is 2. The van der Waals surface area contributed by atoms with Gasteiger partial charge in [0.25, 0.3) is 0 Å². The van der Waals surface area contributed by atoms with Crippen LogP contribution in [0.3, 0.4) is 0 Å². The highest BCUT2D eigenvalue weighted by Gasteiger charge is 2.13. The Bertz CT molecular complexity index is 502. The molecule has 1 unspecified atom stereocenters. The summed E-state index contributed by atoms with van der Waals surface area (Å²) in [6.45, 7) is 0. The Kier molecular flexibility index (Phi) is 3.59. The Balaban J connectivity index is 2.39. The molecular weight excluding hydrogens is 288 g/mol. The summed E-state index contributed by atoms with van der Waals surface area (Å²) in [5.74, 6) is 0. The molecule has 0 aliphatic carbocycles. The molecule has 82 valence electrons. The van der Waals surface area contributed by atoms with Gasteiger partial charge >= 0.3 is 0 Å². The Morgan fingerprint density at radius 3 is 2.75 bits per heavy atom. The molecule has 0 aliphatic rings. The molecule has 2 nitrogen and oxygen atoms in total. The van der Waals surface area contributed by atoms with Crippen LogP contribution in [0.2, 0.25) is 5.02 Å². The Morgan fingerprint density at radius 2 is 2.06 bits per heavy atom. The summed E-state index contributed by atoms with van der Waals surface area (Å²) in [5, 5.41) is 0.681. The highest BCUT2D eigenvalue weighted by Crippen LogP contribution is 2.25. The molecule has 0 amide bonds. The lowest BCUT2D eigenvalue weighted by molar-refractivity contribution is 0.822. The van der Waals surface area contributed by atoms with Gasteiger partial charge in [-0.25, -0.2) is 0 Å². The van der Waals surface area contributed by atoms with E-state index in [0.29, 0.717) is 5.02 Å². The first-order valence-corrected chi connectivity index (χ1v) is 5.97. The molecule has 2 aromatic rings. The maximum Gasteiger partial charge on any atom is 0.0758 e. The average Bonchev–Trinajstić information content (AvgIpc) is 2.29. The van der Waals surface area contributed by atoms with Crippen molar-refractivity contribution in [2.75, 3.05) is 0 Å². The fourth-order valence-corrected chi connectivity index (χ4v) is 2.19. The van der Waals surface area contributed by atoms with E-state index in [9.17, 15) is 0 Å². The third-order valence-corrected chi connectivity index (χ3v) is 3.19. The molecule has 1 aromatic heterocycles. The number of nitrogens with zero attached hydrogens (tertiary/aromatic N) is 1. The zero-order chi connectivity index (χ0) is 11.5. The molecule has 1 heterocycles. The van der Waals surface area contributed by atoms with E-state index in [-0.39, 0.29) is 6.04 Å². The van der Waals surface area contributed by atoms with E-state index in [1.165, 1.54) is 0 Å². The van der Waals surface area contributed by atoms with Crippen LogP contribution < -0.4 is 5.73 Å². The lowest BCUT2D eigenvalue weighted by Crippen LogP contribution is -2.14. The quantitative estimate of drug-likeness (QED) is 0.921. The van der Waals surface area contributed by atoms with Crippen molar-refractivity contribution in [3.8, 4) is 0 Å². The second kappa shape index (κ2) is 4.95. The van der Waals surface area contributed by atoms with Crippen LogP contribution >= 0.6 is 27.5 Å². The average molecular weight is 298 g/mol. The predicted molar refractivity (Wildman–Crippen MR) is 69.4 cm³/mol. The van der Waals surface area contributed by atoms with E-state index in [2.05, 4.69) is 20.9 Å². The van der Waals surface area contributed by atoms with Gasteiger partial charge in [-0.2, -0.15) is 0 Å². The van der Waals surface area contributed by atoms with Gasteiger partial charge in [-0.05, 0) is 45.8 Å². The minimum Gasteiger partial charge on any atom is -0.319 e. The Labute approximate surface area is 108 Å². The SMILES string of the molecule is NC(c1cccc(Cl)c1)c1ncccc1Br. The van der Waals surface area contributed by atoms with Gasteiger partial charge in [0.2, 0.25) is 0 Å². The van der Waals surface area contributed by atoms with E-state index in [1.54, 1.807) is 6.20 Å². The van der Waals surface area contributed by atoms with Gasteiger partial charge in [0.05, 0.1) is 11.7 Å². The molecule has 0 fully saturated rings. The van der Waals surface area contributed by atoms with Crippen LogP contribution in [-0.2, 0) is 0 Å². The lowest BCUT2D eigenvalue weighted by Gasteiger charge is -2.13. The Morgan fingerprint density at radius 1 is 1.25 bits per heavy atom. The smallest absolute Gasteiger partial charge is 0.0758 e. The van der Waals surface area contributed by atoms with Gasteiger partial charge in [-0.1, -0.05) is 23.7 Å². The van der Waals surface area contributed by atoms with Gasteiger partial charge in [0.1, 0.15) is 0 Å². The van der Waals surface area contributed by atoms with Crippen molar-refractivity contribution in [3.05, 3.63) is 63.3 Å². The normalized spacial score (nSPS) is 12.4. The number of hydrogen-bond acceptors (Lipinski definition) is 2. The van der Waals surface area contributed by atoms with Gasteiger partial charge in [0.15, 0.2) is 0 Å². The van der Waals surface area contributed by atoms with Crippen molar-refractivity contribution in [1.82, 2.24) is 4.98 Å². The van der Waals surface area contributed by atoms with E-state index < -0.39 is 0 Å². The van der Waals surface area contributed by atoms with Crippen molar-refractivity contribution >= 4 is 27.5 Å². The minimum absolute atomic E-state index is 0.269. The number of pyridine rings is 1. The highest BCUT2D eigenvalue weighted by molar-refractivity contribution is 9.10. The standard InChI is InChI=1S/C12H10BrClN2/c13-10-5-2-6-16-12(10)11(15)8-3-1-4-9(14)7-8/h1-7,11H,15H2. The second-order valence-electron chi connectivity index (χ2n) is 3.40. The summed E-state index contributed by atoms with van der Waals surface area (Å²) in [6, 6.07) is 11.0. The maximum atomic E-state index is 6.13. The first kappa shape index (κ1) is 11.6. The zero-order valence-corrected chi connectivity index (χ0v) is 10.7. The monoisotopic (exact) mass is 296 g/mol. The first-order chi connectivity index (χ1) is 7.68. The molecule has 16 heavy (non-hydrogen) atoms. The molecular formula is C12H10BrClN2. The Hall–Kier alpha value is -0.900. The molecule has 0 saturated carbocycles. The first-order valence-electron chi connectivity index (χ1n) is 4.80. The molecule has 0 aliphatic heterocycles. The molecule has 0 bridgehead atoms. The highest BCUT2D eigenvalue weighted by atomic mass is 79.9. The summed E-state index contributed by atoms with van der Waals surface area (Å²) < 4.78 is 0.905. The van der Waals surface area contributed by atoms with E-state index in [1.807, 2.05) is 36.4 Å². The van der Waals surface area contributed by atoms with Gasteiger partial charge in [-0.15, -0.1) is 0 Å². The van der Waals surface area contributed by atoms with Crippen molar-refractivity contribution in [2.45, 2.75) is 6.04 Å². The fraction of sp³-hybridized carbons (Fsp3) is 0.0833. The molecule has 2 N–H and O–H groups in total. The van der Waals surface area contributed by atoms with Crippen LogP contribution in [0.25, 0.3) is 0 Å². The van der Waals surface area contributed by atoms with Crippen molar-refractivity contribution in [1.29, 1.82) is 0 Å². The van der Waals surface area contributed by atoms with Crippen LogP contribution in [0.5, 0.6) is 0 Å². The molecule has 0 saturated heterocycles. The number of hydrogen-bond donors (Lipinski definition) is 1. The lowest BCUT2D eigenvalue weighted by atomic mass is 10.0. The third kappa shape index (κ3) is 2.43. The number of aromatic nitrogens is 1. The van der Waals surface area contributed by atoms with Crippen molar-refractivity contribution in [2.24, 2.45) is 5.73 Å². The van der Waals surface area contributed by atoms with Crippen LogP contribution in [0.4, 0.5) is 0 Å². The molecule has 0 spiro atoms. The van der Waals surface area contributed by atoms with Gasteiger partial charge in [0, 0.05) is 15.7 Å². The summed E-state index contributed by atoms with van der Waals surface area (Å²) >= 11 is 9.37. The van der Waals surface area contributed by atoms with E-state index >= 15 is 0 Å². The summed E-state index contributed by atoms with van der Waals surface area (Å²) in [5.41, 5.74) is 7.90. The molecule has 4 heteroatoms. The van der Waals surface area contributed by atoms with Crippen molar-refractivity contribution < 1.29 is 0 Å². The molecule has 2 rings (SSSR count). The number of benzene rings is 1. The topological polar surface area (TPSA) is 38.9 Å². The third-order valence-electron chi connectivity index (χ3n) is 2.29. The second-order valence-corrected chi connectivity index (χ2v) is 4.69. The summed E-state index contributed by atoms with van der Waals surface area (Å²) in [6.07, 6.45) is 1.73. The van der Waals surface area contributed by atoms with Crippen molar-refractivity contribution in [3.63, 3.8) is 0 Å². The zero-order valence-electron chi connectivity index (χ0n) is 8.40. The number of nitrogens with two attached hydrogens (primary N) is 1.